The van der Waals surface area contributed by atoms with Gasteiger partial charge in [0.2, 0.25) is 0 Å². The summed E-state index contributed by atoms with van der Waals surface area (Å²) >= 11 is 0. The summed E-state index contributed by atoms with van der Waals surface area (Å²) in [7, 11) is 5.32. The van der Waals surface area contributed by atoms with Crippen molar-refractivity contribution in [3.63, 3.8) is 0 Å². The highest BCUT2D eigenvalue weighted by Crippen LogP contribution is 2.22. The Morgan fingerprint density at radius 1 is 1.38 bits per heavy atom. The van der Waals surface area contributed by atoms with Gasteiger partial charge in [0, 0.05) is 21.2 Å². The average Bonchev–Trinajstić information content (AvgIpc) is 2.52. The first-order chi connectivity index (χ1) is 5.97. The number of rotatable bonds is 3. The third-order valence-corrected chi connectivity index (χ3v) is 1.84. The van der Waals surface area contributed by atoms with Crippen molar-refractivity contribution < 1.29 is 9.26 Å². The van der Waals surface area contributed by atoms with Gasteiger partial charge in [0.15, 0.2) is 0 Å². The van der Waals surface area contributed by atoms with Crippen molar-refractivity contribution in [3.05, 3.63) is 5.89 Å². The molecule has 13 heavy (non-hydrogen) atoms. The minimum atomic E-state index is -0.527. The molecule has 0 aliphatic carbocycles. The van der Waals surface area contributed by atoms with E-state index < -0.39 is 5.60 Å². The van der Waals surface area contributed by atoms with Gasteiger partial charge < -0.3 is 14.2 Å². The molecule has 5 heteroatoms. The molecule has 0 radical (unpaired) electrons. The molecule has 0 spiro atoms. The lowest BCUT2D eigenvalue weighted by Gasteiger charge is -2.16. The normalized spacial score (nSPS) is 11.8. The zero-order valence-electron chi connectivity index (χ0n) is 8.66. The third kappa shape index (κ3) is 1.98. The van der Waals surface area contributed by atoms with Crippen molar-refractivity contribution in [2.24, 2.45) is 0 Å². The summed E-state index contributed by atoms with van der Waals surface area (Å²) in [6.45, 7) is 3.75. The molecule has 1 aromatic rings. The second kappa shape index (κ2) is 3.33. The third-order valence-electron chi connectivity index (χ3n) is 1.84. The van der Waals surface area contributed by atoms with Gasteiger partial charge in [-0.3, -0.25) is 0 Å². The molecule has 0 aliphatic rings. The van der Waals surface area contributed by atoms with Crippen LogP contribution in [0.1, 0.15) is 19.7 Å². The minimum absolute atomic E-state index is 0.485. The molecule has 0 aromatic carbocycles. The fraction of sp³-hybridized carbons (Fsp3) is 0.750. The van der Waals surface area contributed by atoms with Crippen LogP contribution in [0.4, 0.5) is 5.95 Å². The van der Waals surface area contributed by atoms with Gasteiger partial charge in [-0.05, 0) is 19.0 Å². The molecule has 0 aliphatic heterocycles. The van der Waals surface area contributed by atoms with E-state index in [1.165, 1.54) is 0 Å². The zero-order valence-corrected chi connectivity index (χ0v) is 8.66. The van der Waals surface area contributed by atoms with Gasteiger partial charge in [0.1, 0.15) is 5.60 Å². The summed E-state index contributed by atoms with van der Waals surface area (Å²) in [4.78, 5) is 5.95. The van der Waals surface area contributed by atoms with E-state index in [0.717, 1.165) is 0 Å². The second-order valence-electron chi connectivity index (χ2n) is 3.51. The van der Waals surface area contributed by atoms with E-state index in [1.807, 2.05) is 27.9 Å². The zero-order chi connectivity index (χ0) is 10.1. The van der Waals surface area contributed by atoms with Gasteiger partial charge in [0.05, 0.1) is 0 Å². The van der Waals surface area contributed by atoms with Gasteiger partial charge in [-0.1, -0.05) is 0 Å². The Hall–Kier alpha value is -1.10. The molecule has 0 saturated carbocycles. The van der Waals surface area contributed by atoms with Crippen LogP contribution in [-0.2, 0) is 10.3 Å². The summed E-state index contributed by atoms with van der Waals surface area (Å²) in [6, 6.07) is 0. The first-order valence-electron chi connectivity index (χ1n) is 4.04. The largest absolute Gasteiger partial charge is 0.369 e. The van der Waals surface area contributed by atoms with Crippen LogP contribution in [0.5, 0.6) is 0 Å². The minimum Gasteiger partial charge on any atom is -0.369 e. The molecule has 0 unspecified atom stereocenters. The number of aromatic nitrogens is 2. The maximum Gasteiger partial charge on any atom is 0.265 e. The van der Waals surface area contributed by atoms with Crippen molar-refractivity contribution >= 4 is 5.95 Å². The molecule has 0 saturated heterocycles. The number of anilines is 1. The van der Waals surface area contributed by atoms with Crippen molar-refractivity contribution in [1.29, 1.82) is 0 Å². The van der Waals surface area contributed by atoms with Gasteiger partial charge in [-0.25, -0.2) is 0 Å². The Kier molecular flexibility index (Phi) is 2.56. The highest BCUT2D eigenvalue weighted by Gasteiger charge is 2.27. The second-order valence-corrected chi connectivity index (χ2v) is 3.51. The Morgan fingerprint density at radius 3 is 2.38 bits per heavy atom. The predicted molar refractivity (Wildman–Crippen MR) is 48.7 cm³/mol. The Bertz CT molecular complexity index is 281. The molecule has 1 heterocycles. The van der Waals surface area contributed by atoms with E-state index in [4.69, 9.17) is 9.26 Å². The first kappa shape index (κ1) is 9.98. The van der Waals surface area contributed by atoms with Crippen molar-refractivity contribution in [3.8, 4) is 0 Å². The summed E-state index contributed by atoms with van der Waals surface area (Å²) < 4.78 is 10.3. The van der Waals surface area contributed by atoms with E-state index in [0.29, 0.717) is 11.8 Å². The number of hydrogen-bond donors (Lipinski definition) is 0. The Labute approximate surface area is 77.7 Å². The molecule has 1 aromatic heterocycles. The van der Waals surface area contributed by atoms with E-state index in [9.17, 15) is 0 Å². The van der Waals surface area contributed by atoms with E-state index in [1.54, 1.807) is 12.0 Å². The molecule has 0 fully saturated rings. The van der Waals surface area contributed by atoms with Gasteiger partial charge in [-0.15, -0.1) is 0 Å². The monoisotopic (exact) mass is 185 g/mol. The smallest absolute Gasteiger partial charge is 0.265 e. The summed E-state index contributed by atoms with van der Waals surface area (Å²) in [5.41, 5.74) is -0.527. The van der Waals surface area contributed by atoms with Crippen LogP contribution in [0.15, 0.2) is 4.52 Å². The van der Waals surface area contributed by atoms with E-state index in [-0.39, 0.29) is 0 Å². The number of ether oxygens (including phenoxy) is 1. The fourth-order valence-corrected chi connectivity index (χ4v) is 0.729. The first-order valence-corrected chi connectivity index (χ1v) is 4.04. The number of methoxy groups -OCH3 is 1. The molecule has 5 nitrogen and oxygen atoms in total. The van der Waals surface area contributed by atoms with Gasteiger partial charge in [-0.2, -0.15) is 4.98 Å². The summed E-state index contributed by atoms with van der Waals surface area (Å²) in [5.74, 6) is 1.04. The molecular weight excluding hydrogens is 170 g/mol. The van der Waals surface area contributed by atoms with Gasteiger partial charge in [0.25, 0.3) is 11.8 Å². The quantitative estimate of drug-likeness (QED) is 0.703. The predicted octanol–water partition coefficient (Wildman–Crippen LogP) is 1.02. The lowest BCUT2D eigenvalue weighted by molar-refractivity contribution is -0.00786. The summed E-state index contributed by atoms with van der Waals surface area (Å²) in [6.07, 6.45) is 0. The molecular formula is C8H15N3O2. The number of nitrogens with zero attached hydrogens (tertiary/aromatic N) is 3. The molecule has 0 amide bonds. The van der Waals surface area contributed by atoms with E-state index in [2.05, 4.69) is 10.1 Å². The topological polar surface area (TPSA) is 51.4 Å². The average molecular weight is 185 g/mol. The standard InChI is InChI=1S/C8H15N3O2/c1-8(2,12-5)6-9-7(10-13-6)11(3)4/h1-5H3. The lowest BCUT2D eigenvalue weighted by Crippen LogP contribution is -2.20. The summed E-state index contributed by atoms with van der Waals surface area (Å²) in [5, 5.41) is 3.79. The molecule has 0 N–H and O–H groups in total. The SMILES string of the molecule is COC(C)(C)c1nc(N(C)C)no1. The fourth-order valence-electron chi connectivity index (χ4n) is 0.729. The molecule has 0 bridgehead atoms. The number of hydrogen-bond acceptors (Lipinski definition) is 5. The van der Waals surface area contributed by atoms with Crippen LogP contribution in [0.3, 0.4) is 0 Å². The molecule has 1 rings (SSSR count). The van der Waals surface area contributed by atoms with Crippen molar-refractivity contribution in [2.45, 2.75) is 19.4 Å². The van der Waals surface area contributed by atoms with Crippen LogP contribution >= 0.6 is 0 Å². The Balaban J connectivity index is 2.91. The van der Waals surface area contributed by atoms with Crippen molar-refractivity contribution in [1.82, 2.24) is 10.1 Å². The Morgan fingerprint density at radius 2 is 2.00 bits per heavy atom. The van der Waals surface area contributed by atoms with E-state index >= 15 is 0 Å². The van der Waals surface area contributed by atoms with Crippen LogP contribution < -0.4 is 4.90 Å². The van der Waals surface area contributed by atoms with Crippen molar-refractivity contribution in [2.75, 3.05) is 26.1 Å². The molecule has 0 atom stereocenters. The maximum absolute atomic E-state index is 5.20. The van der Waals surface area contributed by atoms with Crippen LogP contribution in [-0.4, -0.2) is 31.3 Å². The van der Waals surface area contributed by atoms with Gasteiger partial charge >= 0.3 is 0 Å². The van der Waals surface area contributed by atoms with Crippen LogP contribution in [0.25, 0.3) is 0 Å². The lowest BCUT2D eigenvalue weighted by atomic mass is 10.1. The van der Waals surface area contributed by atoms with Crippen LogP contribution in [0.2, 0.25) is 0 Å². The highest BCUT2D eigenvalue weighted by atomic mass is 16.5. The molecule has 74 valence electrons. The maximum atomic E-state index is 5.20. The van der Waals surface area contributed by atoms with Crippen LogP contribution in [0, 0.1) is 0 Å². The highest BCUT2D eigenvalue weighted by molar-refractivity contribution is 5.24.